The molecule has 3 aromatic rings. The second kappa shape index (κ2) is 11.6. The largest absolute Gasteiger partial charge is 0.438 e. The van der Waals surface area contributed by atoms with E-state index in [1.165, 1.54) is 12.1 Å². The number of aliphatic hydroxyl groups excluding tert-OH is 1. The standard InChI is InChI=1S/C26H30FN3O3/c1-5-14-32-18-23(31)16-29(19(2)3)17-25-20(4)28-30(22-11-7-6-8-12-22)26(25)33-24-13-9-10-21(27)15-24/h1,6-13,15,19,23,31H,14,16-18H2,2-4H3/t23-/m1/s1. The van der Waals surface area contributed by atoms with Gasteiger partial charge < -0.3 is 14.6 Å². The summed E-state index contributed by atoms with van der Waals surface area (Å²) in [5.74, 6) is 2.91. The zero-order valence-electron chi connectivity index (χ0n) is 19.2. The second-order valence-corrected chi connectivity index (χ2v) is 8.07. The van der Waals surface area contributed by atoms with Crippen LogP contribution in [0.2, 0.25) is 0 Å². The van der Waals surface area contributed by atoms with Crippen LogP contribution in [-0.2, 0) is 11.3 Å². The van der Waals surface area contributed by atoms with Crippen molar-refractivity contribution < 1.29 is 19.0 Å². The van der Waals surface area contributed by atoms with Gasteiger partial charge in [0, 0.05) is 25.2 Å². The van der Waals surface area contributed by atoms with Gasteiger partial charge in [0.2, 0.25) is 5.88 Å². The van der Waals surface area contributed by atoms with Crippen LogP contribution in [0.4, 0.5) is 4.39 Å². The van der Waals surface area contributed by atoms with Gasteiger partial charge in [-0.2, -0.15) is 5.10 Å². The number of aromatic nitrogens is 2. The minimum absolute atomic E-state index is 0.133. The molecule has 0 amide bonds. The van der Waals surface area contributed by atoms with Gasteiger partial charge >= 0.3 is 0 Å². The van der Waals surface area contributed by atoms with Crippen LogP contribution in [0.5, 0.6) is 11.6 Å². The summed E-state index contributed by atoms with van der Waals surface area (Å²) < 4.78 is 27.0. The Kier molecular flexibility index (Phi) is 8.61. The Morgan fingerprint density at radius 3 is 2.61 bits per heavy atom. The van der Waals surface area contributed by atoms with Gasteiger partial charge in [0.25, 0.3) is 0 Å². The molecule has 174 valence electrons. The third-order valence-corrected chi connectivity index (χ3v) is 5.18. The molecule has 0 bridgehead atoms. The maximum Gasteiger partial charge on any atom is 0.227 e. The molecule has 0 aliphatic carbocycles. The Morgan fingerprint density at radius 1 is 1.18 bits per heavy atom. The molecule has 0 spiro atoms. The highest BCUT2D eigenvalue weighted by atomic mass is 19.1. The lowest BCUT2D eigenvalue weighted by Crippen LogP contribution is -2.39. The third-order valence-electron chi connectivity index (χ3n) is 5.18. The van der Waals surface area contributed by atoms with Crippen LogP contribution in [0.25, 0.3) is 5.69 Å². The number of rotatable bonds is 11. The molecule has 0 saturated carbocycles. The second-order valence-electron chi connectivity index (χ2n) is 8.07. The summed E-state index contributed by atoms with van der Waals surface area (Å²) in [5, 5.41) is 15.1. The Labute approximate surface area is 194 Å². The van der Waals surface area contributed by atoms with E-state index in [2.05, 4.69) is 24.7 Å². The Bertz CT molecular complexity index is 1080. The van der Waals surface area contributed by atoms with Crippen molar-refractivity contribution in [2.75, 3.05) is 19.8 Å². The van der Waals surface area contributed by atoms with E-state index in [4.69, 9.17) is 21.0 Å². The minimum atomic E-state index is -0.696. The number of halogens is 1. The highest BCUT2D eigenvalue weighted by Crippen LogP contribution is 2.32. The average Bonchev–Trinajstić information content (AvgIpc) is 3.09. The minimum Gasteiger partial charge on any atom is -0.438 e. The van der Waals surface area contributed by atoms with Gasteiger partial charge in [0.05, 0.1) is 29.7 Å². The van der Waals surface area contributed by atoms with Crippen LogP contribution >= 0.6 is 0 Å². The molecular formula is C26H30FN3O3. The lowest BCUT2D eigenvalue weighted by atomic mass is 10.2. The van der Waals surface area contributed by atoms with Crippen molar-refractivity contribution in [3.8, 4) is 29.7 Å². The van der Waals surface area contributed by atoms with E-state index >= 15 is 0 Å². The summed E-state index contributed by atoms with van der Waals surface area (Å²) >= 11 is 0. The number of aryl methyl sites for hydroxylation is 1. The SMILES string of the molecule is C#CCOC[C@H](O)CN(Cc1c(C)nn(-c2ccccc2)c1Oc1cccc(F)c1)C(C)C. The van der Waals surface area contributed by atoms with E-state index in [0.717, 1.165) is 16.9 Å². The Balaban J connectivity index is 1.94. The molecule has 0 aliphatic rings. The zero-order valence-corrected chi connectivity index (χ0v) is 19.2. The Morgan fingerprint density at radius 2 is 1.94 bits per heavy atom. The van der Waals surface area contributed by atoms with E-state index < -0.39 is 6.10 Å². The molecule has 3 rings (SSSR count). The highest BCUT2D eigenvalue weighted by Gasteiger charge is 2.24. The van der Waals surface area contributed by atoms with Gasteiger partial charge in [-0.15, -0.1) is 6.42 Å². The molecule has 0 aliphatic heterocycles. The molecule has 0 radical (unpaired) electrons. The van der Waals surface area contributed by atoms with Crippen molar-refractivity contribution in [2.45, 2.75) is 39.5 Å². The first-order valence-corrected chi connectivity index (χ1v) is 10.9. The van der Waals surface area contributed by atoms with Crippen LogP contribution < -0.4 is 4.74 Å². The van der Waals surface area contributed by atoms with Crippen molar-refractivity contribution in [1.29, 1.82) is 0 Å². The number of para-hydroxylation sites is 1. The van der Waals surface area contributed by atoms with E-state index in [0.29, 0.717) is 24.7 Å². The van der Waals surface area contributed by atoms with Crippen molar-refractivity contribution in [3.05, 3.63) is 71.7 Å². The lowest BCUT2D eigenvalue weighted by Gasteiger charge is -2.28. The smallest absolute Gasteiger partial charge is 0.227 e. The number of terminal acetylenes is 1. The molecule has 1 heterocycles. The fourth-order valence-electron chi connectivity index (χ4n) is 3.45. The predicted octanol–water partition coefficient (Wildman–Crippen LogP) is 4.33. The molecule has 33 heavy (non-hydrogen) atoms. The number of aliphatic hydroxyl groups is 1. The quantitative estimate of drug-likeness (QED) is 0.347. The summed E-state index contributed by atoms with van der Waals surface area (Å²) in [5.41, 5.74) is 2.47. The van der Waals surface area contributed by atoms with E-state index in [9.17, 15) is 9.50 Å². The fraction of sp³-hybridized carbons (Fsp3) is 0.346. The Hall–Kier alpha value is -3.18. The van der Waals surface area contributed by atoms with Crippen LogP contribution in [0.1, 0.15) is 25.1 Å². The lowest BCUT2D eigenvalue weighted by molar-refractivity contribution is 0.0190. The molecule has 0 fully saturated rings. The van der Waals surface area contributed by atoms with Gasteiger partial charge in [-0.3, -0.25) is 4.90 Å². The summed E-state index contributed by atoms with van der Waals surface area (Å²) in [6.45, 7) is 7.21. The number of hydrogen-bond acceptors (Lipinski definition) is 5. The first kappa shape index (κ1) is 24.5. The number of benzene rings is 2. The summed E-state index contributed by atoms with van der Waals surface area (Å²) in [4.78, 5) is 2.11. The zero-order chi connectivity index (χ0) is 23.8. The normalized spacial score (nSPS) is 12.2. The molecule has 1 atom stereocenters. The average molecular weight is 452 g/mol. The molecule has 7 heteroatoms. The maximum atomic E-state index is 13.8. The molecule has 1 N–H and O–H groups in total. The van der Waals surface area contributed by atoms with Crippen LogP contribution in [0, 0.1) is 25.1 Å². The summed E-state index contributed by atoms with van der Waals surface area (Å²) in [6, 6.07) is 15.8. The fourth-order valence-corrected chi connectivity index (χ4v) is 3.45. The van der Waals surface area contributed by atoms with Crippen LogP contribution in [0.3, 0.4) is 0 Å². The summed E-state index contributed by atoms with van der Waals surface area (Å²) in [7, 11) is 0. The number of ether oxygens (including phenoxy) is 2. The van der Waals surface area contributed by atoms with Crippen molar-refractivity contribution >= 4 is 0 Å². The van der Waals surface area contributed by atoms with Crippen LogP contribution in [-0.4, -0.2) is 51.7 Å². The predicted molar refractivity (Wildman–Crippen MR) is 126 cm³/mol. The molecular weight excluding hydrogens is 421 g/mol. The van der Waals surface area contributed by atoms with E-state index in [-0.39, 0.29) is 25.1 Å². The van der Waals surface area contributed by atoms with E-state index in [1.807, 2.05) is 37.3 Å². The third kappa shape index (κ3) is 6.65. The first-order valence-electron chi connectivity index (χ1n) is 10.9. The van der Waals surface area contributed by atoms with Gasteiger partial charge in [-0.05, 0) is 45.0 Å². The van der Waals surface area contributed by atoms with Crippen molar-refractivity contribution in [2.24, 2.45) is 0 Å². The maximum absolute atomic E-state index is 13.8. The van der Waals surface area contributed by atoms with Gasteiger partial charge in [-0.25, -0.2) is 9.07 Å². The topological polar surface area (TPSA) is 59.8 Å². The molecule has 2 aromatic carbocycles. The van der Waals surface area contributed by atoms with Gasteiger partial charge in [-0.1, -0.05) is 30.2 Å². The molecule has 0 saturated heterocycles. The van der Waals surface area contributed by atoms with Crippen LogP contribution in [0.15, 0.2) is 54.6 Å². The molecule has 6 nitrogen and oxygen atoms in total. The number of hydrogen-bond donors (Lipinski definition) is 1. The van der Waals surface area contributed by atoms with E-state index in [1.54, 1.807) is 16.8 Å². The molecule has 0 unspecified atom stereocenters. The first-order chi connectivity index (χ1) is 15.9. The monoisotopic (exact) mass is 451 g/mol. The molecule has 1 aromatic heterocycles. The van der Waals surface area contributed by atoms with Crippen molar-refractivity contribution in [1.82, 2.24) is 14.7 Å². The number of nitrogens with zero attached hydrogens (tertiary/aromatic N) is 3. The summed E-state index contributed by atoms with van der Waals surface area (Å²) in [6.07, 6.45) is 4.51. The van der Waals surface area contributed by atoms with Gasteiger partial charge in [0.15, 0.2) is 0 Å². The highest BCUT2D eigenvalue weighted by molar-refractivity contribution is 5.43. The van der Waals surface area contributed by atoms with Crippen molar-refractivity contribution in [3.63, 3.8) is 0 Å². The van der Waals surface area contributed by atoms with Gasteiger partial charge in [0.1, 0.15) is 18.2 Å².